The third kappa shape index (κ3) is 9.09. The minimum atomic E-state index is -0.763. The molecule has 4 atom stereocenters. The molecule has 4 unspecified atom stereocenters. The van der Waals surface area contributed by atoms with Crippen molar-refractivity contribution in [1.82, 2.24) is 4.58 Å². The maximum Gasteiger partial charge on any atom is 0.251 e. The number of rotatable bonds is 18. The summed E-state index contributed by atoms with van der Waals surface area (Å²) in [6, 6.07) is 34.6. The molecule has 64 heavy (non-hydrogen) atoms. The fraction of sp³-hybridized carbons (Fsp3) is 0.245. The van der Waals surface area contributed by atoms with Gasteiger partial charge in [-0.05, 0) is 103 Å². The Labute approximate surface area is 376 Å². The molecule has 0 saturated carbocycles. The number of ketones is 2. The lowest BCUT2D eigenvalue weighted by Crippen LogP contribution is -2.12. The van der Waals surface area contributed by atoms with Gasteiger partial charge in [-0.2, -0.15) is 0 Å². The Morgan fingerprint density at radius 2 is 0.953 bits per heavy atom. The van der Waals surface area contributed by atoms with Crippen molar-refractivity contribution in [3.8, 4) is 23.0 Å². The van der Waals surface area contributed by atoms with Gasteiger partial charge in [-0.1, -0.05) is 0 Å². The number of anilines is 3. The van der Waals surface area contributed by atoms with E-state index in [2.05, 4.69) is 0 Å². The van der Waals surface area contributed by atoms with Crippen LogP contribution in [0.3, 0.4) is 0 Å². The summed E-state index contributed by atoms with van der Waals surface area (Å²) in [5.74, 6) is 0.998. The summed E-state index contributed by atoms with van der Waals surface area (Å²) in [6.45, 7) is 4.78. The van der Waals surface area contributed by atoms with Gasteiger partial charge in [0.25, 0.3) is 5.04 Å². The predicted molar refractivity (Wildman–Crippen MR) is 243 cm³/mol. The number of allylic oxidation sites excluding steroid dienone is 3. The zero-order valence-corrected chi connectivity index (χ0v) is 35.9. The van der Waals surface area contributed by atoms with Crippen LogP contribution in [0.15, 0.2) is 138 Å². The number of nitrogens with zero attached hydrogens (tertiary/aromatic N) is 2. The average Bonchev–Trinajstić information content (AvgIpc) is 4.13. The predicted octanol–water partition coefficient (Wildman–Crippen LogP) is 8.24. The largest absolute Gasteiger partial charge is 0.506 e. The van der Waals surface area contributed by atoms with E-state index in [1.54, 1.807) is 12.1 Å². The summed E-state index contributed by atoms with van der Waals surface area (Å²) < 4.78 is 46.8. The number of thiophene rings is 1. The number of Topliss-reactive ketones (excluding diaryl/α,β-unsaturated/α-hetero) is 2. The number of ether oxygens (including phenoxy) is 8. The molecule has 1 aromatic heterocycles. The van der Waals surface area contributed by atoms with Crippen molar-refractivity contribution in [1.29, 1.82) is 0 Å². The van der Waals surface area contributed by atoms with E-state index in [1.807, 2.05) is 119 Å². The highest BCUT2D eigenvalue weighted by molar-refractivity contribution is 8.18. The van der Waals surface area contributed by atoms with Gasteiger partial charge in [0.15, 0.2) is 0 Å². The fourth-order valence-corrected chi connectivity index (χ4v) is 9.36. The number of thioether (sulfide) groups is 1. The molecule has 0 amide bonds. The second-order valence-electron chi connectivity index (χ2n) is 15.7. The highest BCUT2D eigenvalue weighted by atomic mass is 32.2. The van der Waals surface area contributed by atoms with E-state index in [4.69, 9.17) is 37.9 Å². The molecule has 324 valence electrons. The topological polar surface area (TPSA) is 148 Å². The van der Waals surface area contributed by atoms with Crippen LogP contribution in [0.1, 0.15) is 4.88 Å². The molecule has 1 N–H and O–H groups in total. The van der Waals surface area contributed by atoms with Gasteiger partial charge in [-0.15, -0.1) is 15.9 Å². The van der Waals surface area contributed by atoms with Gasteiger partial charge in [0.05, 0.1) is 37.6 Å². The van der Waals surface area contributed by atoms with Gasteiger partial charge >= 0.3 is 0 Å². The van der Waals surface area contributed by atoms with Gasteiger partial charge in [-0.3, -0.25) is 9.59 Å². The van der Waals surface area contributed by atoms with E-state index in [-0.39, 0.29) is 41.3 Å². The molecule has 1 aliphatic carbocycles. The molecule has 0 bridgehead atoms. The quantitative estimate of drug-likeness (QED) is 0.0390. The molecular formula is C49H41N2O11S2+. The van der Waals surface area contributed by atoms with E-state index in [9.17, 15) is 14.7 Å². The Morgan fingerprint density at radius 1 is 0.547 bits per heavy atom. The van der Waals surface area contributed by atoms with Crippen molar-refractivity contribution in [2.24, 2.45) is 0 Å². The number of benzene rings is 4. The normalized spacial score (nSPS) is 22.8. The van der Waals surface area contributed by atoms with Crippen LogP contribution in [0.4, 0.5) is 27.8 Å². The molecule has 6 heterocycles. The molecule has 11 rings (SSSR count). The molecule has 15 heteroatoms. The minimum absolute atomic E-state index is 0.0283. The molecule has 6 aliphatic rings. The number of aliphatic hydroxyl groups is 1. The van der Waals surface area contributed by atoms with Crippen LogP contribution in [0, 0.1) is 0 Å². The van der Waals surface area contributed by atoms with Gasteiger partial charge in [0, 0.05) is 51.5 Å². The molecular weight excluding hydrogens is 857 g/mol. The lowest BCUT2D eigenvalue weighted by Gasteiger charge is -2.24. The lowest BCUT2D eigenvalue weighted by molar-refractivity contribution is -0.130. The SMILES string of the molecule is O=C1C(=O)/C(=C2/C=CC(=[N+](c3ccc(OCC4CO4)cc3)c3ccc(OCC4CO4)cc3)S2)C(O)=C1c1ccc(N(c2ccc(OCC3CO3)cc2)c2ccc(OCC3CO3)cc2)s1. The second-order valence-corrected chi connectivity index (χ2v) is 17.9. The van der Waals surface area contributed by atoms with Crippen molar-refractivity contribution in [3.63, 3.8) is 0 Å². The molecule has 5 aliphatic heterocycles. The van der Waals surface area contributed by atoms with E-state index >= 15 is 0 Å². The number of aliphatic hydroxyl groups excluding tert-OH is 1. The molecule has 0 spiro atoms. The zero-order valence-electron chi connectivity index (χ0n) is 34.3. The number of hydrogen-bond acceptors (Lipinski definition) is 14. The molecule has 4 saturated heterocycles. The fourth-order valence-electron chi connectivity index (χ4n) is 7.18. The smallest absolute Gasteiger partial charge is 0.251 e. The van der Waals surface area contributed by atoms with Gasteiger partial charge in [0.2, 0.25) is 22.9 Å². The van der Waals surface area contributed by atoms with Gasteiger partial charge in [0.1, 0.15) is 84.6 Å². The van der Waals surface area contributed by atoms with Gasteiger partial charge < -0.3 is 47.9 Å². The number of carbonyl (C=O) groups excluding carboxylic acids is 2. The third-order valence-electron chi connectivity index (χ3n) is 11.0. The van der Waals surface area contributed by atoms with Crippen molar-refractivity contribution < 1.29 is 52.6 Å². The van der Waals surface area contributed by atoms with Crippen molar-refractivity contribution in [2.45, 2.75) is 24.4 Å². The Hall–Kier alpha value is -6.20. The van der Waals surface area contributed by atoms with Crippen LogP contribution in [-0.4, -0.2) is 99.0 Å². The summed E-state index contributed by atoms with van der Waals surface area (Å²) in [5, 5.41) is 13.4. The van der Waals surface area contributed by atoms with E-state index < -0.39 is 11.6 Å². The average molecular weight is 898 g/mol. The minimum Gasteiger partial charge on any atom is -0.506 e. The van der Waals surface area contributed by atoms with Crippen LogP contribution in [0.5, 0.6) is 23.0 Å². The zero-order chi connectivity index (χ0) is 43.1. The summed E-state index contributed by atoms with van der Waals surface area (Å²) in [4.78, 5) is 30.7. The monoisotopic (exact) mass is 897 g/mol. The Balaban J connectivity index is 0.895. The van der Waals surface area contributed by atoms with Crippen LogP contribution in [0.25, 0.3) is 5.57 Å². The standard InChI is InChI=1S/C49H40N2O11S2/c52-47-45(41-17-19-43(63-41)50(29-1-9-33(10-2-29)55-21-37-25-59-37)30-3-11-34(12-4-30)56-22-38-26-60-38)48(53)49(54)46(47)42-18-20-44(64-42)51(31-5-13-35(14-6-31)57-23-39-27-61-39)32-7-15-36(16-8-32)58-24-40-28-62-40/h1-20,37-40H,21-28H2/p+1. The van der Waals surface area contributed by atoms with Crippen molar-refractivity contribution >= 4 is 73.0 Å². The number of epoxide rings is 4. The highest BCUT2D eigenvalue weighted by Gasteiger charge is 2.41. The number of hydrogen-bond donors (Lipinski definition) is 1. The van der Waals surface area contributed by atoms with Crippen molar-refractivity contribution in [3.05, 3.63) is 142 Å². The summed E-state index contributed by atoms with van der Waals surface area (Å²) >= 11 is 2.60. The molecule has 13 nitrogen and oxygen atoms in total. The molecule has 4 fully saturated rings. The Bertz CT molecular complexity index is 2590. The first kappa shape index (κ1) is 40.6. The maximum atomic E-state index is 13.9. The van der Waals surface area contributed by atoms with E-state index in [0.717, 1.165) is 55.8 Å². The lowest BCUT2D eigenvalue weighted by atomic mass is 10.1. The first-order chi connectivity index (χ1) is 31.4. The summed E-state index contributed by atoms with van der Waals surface area (Å²) in [7, 11) is 0. The highest BCUT2D eigenvalue weighted by Crippen LogP contribution is 2.46. The van der Waals surface area contributed by atoms with E-state index in [0.29, 0.717) is 62.6 Å². The Kier molecular flexibility index (Phi) is 11.0. The molecule has 5 aromatic rings. The van der Waals surface area contributed by atoms with Crippen LogP contribution < -0.4 is 28.4 Å². The van der Waals surface area contributed by atoms with Crippen LogP contribution >= 0.6 is 23.1 Å². The molecule has 0 radical (unpaired) electrons. The second kappa shape index (κ2) is 17.4. The van der Waals surface area contributed by atoms with Gasteiger partial charge in [-0.25, -0.2) is 0 Å². The first-order valence-corrected chi connectivity index (χ1v) is 22.6. The summed E-state index contributed by atoms with van der Waals surface area (Å²) in [5.41, 5.74) is 3.29. The maximum absolute atomic E-state index is 13.9. The molecule has 4 aromatic carbocycles. The Morgan fingerprint density at radius 3 is 1.38 bits per heavy atom. The van der Waals surface area contributed by atoms with E-state index in [1.165, 1.54) is 23.1 Å². The van der Waals surface area contributed by atoms with Crippen LogP contribution in [-0.2, 0) is 28.5 Å². The van der Waals surface area contributed by atoms with Crippen LogP contribution in [0.2, 0.25) is 0 Å². The first-order valence-electron chi connectivity index (χ1n) is 21.0. The number of carbonyl (C=O) groups is 2. The third-order valence-corrected chi connectivity index (χ3v) is 13.2. The summed E-state index contributed by atoms with van der Waals surface area (Å²) in [6.07, 6.45) is 4.17. The van der Waals surface area contributed by atoms with Crippen molar-refractivity contribution in [2.75, 3.05) is 57.8 Å².